The second-order valence-corrected chi connectivity index (χ2v) is 7.79. The maximum Gasteiger partial charge on any atom is 0.309 e. The second-order valence-electron chi connectivity index (χ2n) is 5.90. The van der Waals surface area contributed by atoms with Crippen LogP contribution in [-0.2, 0) is 24.3 Å². The predicted molar refractivity (Wildman–Crippen MR) is 92.5 cm³/mol. The quantitative estimate of drug-likeness (QED) is 0.529. The number of ether oxygens (including phenoxy) is 1. The maximum atomic E-state index is 13.4. The molecule has 1 saturated heterocycles. The summed E-state index contributed by atoms with van der Waals surface area (Å²) < 4.78 is 45.7. The van der Waals surface area contributed by atoms with Gasteiger partial charge in [0.25, 0.3) is 0 Å². The molecule has 1 aromatic rings. The van der Waals surface area contributed by atoms with Crippen LogP contribution in [0.5, 0.6) is 0 Å². The first-order valence-corrected chi connectivity index (χ1v) is 9.78. The molecule has 0 bridgehead atoms. The third-order valence-corrected chi connectivity index (χ3v) is 5.82. The van der Waals surface area contributed by atoms with Crippen molar-refractivity contribution in [2.45, 2.75) is 24.5 Å². The van der Waals surface area contributed by atoms with Crippen molar-refractivity contribution in [2.75, 3.05) is 32.8 Å². The molecule has 27 heavy (non-hydrogen) atoms. The fraction of sp³-hybridized carbons (Fsp3) is 0.500. The molecule has 0 radical (unpaired) electrons. The molecule has 11 heteroatoms. The summed E-state index contributed by atoms with van der Waals surface area (Å²) in [5, 5.41) is 13.1. The van der Waals surface area contributed by atoms with Crippen LogP contribution in [0.2, 0.25) is 0 Å². The molecule has 3 N–H and O–H groups in total. The fourth-order valence-corrected chi connectivity index (χ4v) is 4.18. The van der Waals surface area contributed by atoms with Gasteiger partial charge >= 0.3 is 11.8 Å². The summed E-state index contributed by atoms with van der Waals surface area (Å²) in [6.07, 6.45) is -0.537. The molecular formula is C16H22FN3O6S. The minimum Gasteiger partial charge on any atom is -0.395 e. The zero-order chi connectivity index (χ0) is 20.0. The van der Waals surface area contributed by atoms with E-state index in [-0.39, 0.29) is 36.7 Å². The van der Waals surface area contributed by atoms with Crippen LogP contribution in [0.25, 0.3) is 0 Å². The van der Waals surface area contributed by atoms with E-state index in [1.807, 2.05) is 0 Å². The van der Waals surface area contributed by atoms with Crippen LogP contribution in [-0.4, -0.2) is 68.7 Å². The lowest BCUT2D eigenvalue weighted by atomic mass is 10.2. The summed E-state index contributed by atoms with van der Waals surface area (Å²) in [6, 6.07) is 3.48. The molecule has 0 aliphatic carbocycles. The van der Waals surface area contributed by atoms with Crippen molar-refractivity contribution in [3.05, 3.63) is 29.6 Å². The molecule has 1 aliphatic rings. The topological polar surface area (TPSA) is 125 Å². The molecule has 150 valence electrons. The van der Waals surface area contributed by atoms with Crippen LogP contribution < -0.4 is 10.6 Å². The van der Waals surface area contributed by atoms with E-state index in [0.717, 1.165) is 10.4 Å². The number of hydrogen-bond acceptors (Lipinski definition) is 6. The van der Waals surface area contributed by atoms with E-state index in [0.29, 0.717) is 13.0 Å². The number of halogens is 1. The Balaban J connectivity index is 2.10. The zero-order valence-corrected chi connectivity index (χ0v) is 15.6. The molecule has 1 atom stereocenters. The smallest absolute Gasteiger partial charge is 0.309 e. The Morgan fingerprint density at radius 2 is 2.04 bits per heavy atom. The van der Waals surface area contributed by atoms with E-state index in [1.165, 1.54) is 19.1 Å². The normalized spacial score (nSPS) is 18.1. The first-order chi connectivity index (χ1) is 12.8. The number of nitrogens with one attached hydrogen (secondary N) is 2. The van der Waals surface area contributed by atoms with Crippen molar-refractivity contribution in [2.24, 2.45) is 0 Å². The van der Waals surface area contributed by atoms with Gasteiger partial charge in [0.05, 0.1) is 24.7 Å². The van der Waals surface area contributed by atoms with Gasteiger partial charge in [-0.2, -0.15) is 4.31 Å². The first-order valence-electron chi connectivity index (χ1n) is 8.34. The molecule has 0 unspecified atom stereocenters. The van der Waals surface area contributed by atoms with E-state index in [4.69, 9.17) is 9.84 Å². The van der Waals surface area contributed by atoms with Crippen molar-refractivity contribution < 1.29 is 32.2 Å². The largest absolute Gasteiger partial charge is 0.395 e. The van der Waals surface area contributed by atoms with Gasteiger partial charge in [0, 0.05) is 13.1 Å². The molecule has 0 saturated carbocycles. The van der Waals surface area contributed by atoms with Crippen molar-refractivity contribution in [1.82, 2.24) is 14.9 Å². The van der Waals surface area contributed by atoms with Gasteiger partial charge in [-0.25, -0.2) is 12.8 Å². The lowest BCUT2D eigenvalue weighted by molar-refractivity contribution is -0.140. The number of hydrogen-bond donors (Lipinski definition) is 3. The number of benzene rings is 1. The van der Waals surface area contributed by atoms with Crippen molar-refractivity contribution in [1.29, 1.82) is 0 Å². The Morgan fingerprint density at radius 1 is 1.33 bits per heavy atom. The Bertz CT molecular complexity index is 801. The van der Waals surface area contributed by atoms with Crippen molar-refractivity contribution in [3.8, 4) is 0 Å². The summed E-state index contributed by atoms with van der Waals surface area (Å²) >= 11 is 0. The van der Waals surface area contributed by atoms with Crippen LogP contribution in [0.3, 0.4) is 0 Å². The third-order valence-electron chi connectivity index (χ3n) is 3.93. The molecule has 2 amide bonds. The number of aryl methyl sites for hydroxylation is 1. The zero-order valence-electron chi connectivity index (χ0n) is 14.8. The van der Waals surface area contributed by atoms with E-state index in [1.54, 1.807) is 0 Å². The predicted octanol–water partition coefficient (Wildman–Crippen LogP) is -0.904. The number of sulfonamides is 1. The SMILES string of the molecule is Cc1cc(S(=O)(=O)N2CCCO[C@@H]2CNC(=O)C(=O)NCCO)ccc1F. The molecule has 0 spiro atoms. The summed E-state index contributed by atoms with van der Waals surface area (Å²) in [7, 11) is -3.98. The van der Waals surface area contributed by atoms with Gasteiger partial charge in [0.1, 0.15) is 12.0 Å². The lowest BCUT2D eigenvalue weighted by Crippen LogP contribution is -2.53. The number of rotatable bonds is 6. The Labute approximate surface area is 156 Å². The van der Waals surface area contributed by atoms with Crippen LogP contribution in [0.4, 0.5) is 4.39 Å². The highest BCUT2D eigenvalue weighted by atomic mass is 32.2. The number of nitrogens with zero attached hydrogens (tertiary/aromatic N) is 1. The molecule has 1 aliphatic heterocycles. The summed E-state index contributed by atoms with van der Waals surface area (Å²) in [6.45, 7) is 1.31. The number of carbonyl (C=O) groups excluding carboxylic acids is 2. The average molecular weight is 403 g/mol. The second kappa shape index (κ2) is 9.22. The van der Waals surface area contributed by atoms with Crippen LogP contribution in [0.15, 0.2) is 23.1 Å². The first kappa shape index (κ1) is 21.2. The van der Waals surface area contributed by atoms with Gasteiger partial charge in [-0.1, -0.05) is 0 Å². The lowest BCUT2D eigenvalue weighted by Gasteiger charge is -2.34. The molecule has 1 heterocycles. The van der Waals surface area contributed by atoms with Gasteiger partial charge in [0.2, 0.25) is 10.0 Å². The highest BCUT2D eigenvalue weighted by Crippen LogP contribution is 2.23. The standard InChI is InChI=1S/C16H22FN3O6S/c1-11-9-12(3-4-13(11)17)27(24,25)20-6-2-8-26-14(20)10-19-16(23)15(22)18-5-7-21/h3-4,9,14,21H,2,5-8,10H2,1H3,(H,18,22)(H,19,23)/t14-/m1/s1. The molecule has 2 rings (SSSR count). The molecule has 1 aromatic carbocycles. The van der Waals surface area contributed by atoms with Crippen molar-refractivity contribution in [3.63, 3.8) is 0 Å². The van der Waals surface area contributed by atoms with Gasteiger partial charge < -0.3 is 20.5 Å². The summed E-state index contributed by atoms with van der Waals surface area (Å²) in [5.41, 5.74) is 0.194. The molecule has 9 nitrogen and oxygen atoms in total. The van der Waals surface area contributed by atoms with Crippen LogP contribution >= 0.6 is 0 Å². The summed E-state index contributed by atoms with van der Waals surface area (Å²) in [5.74, 6) is -2.42. The number of aliphatic hydroxyl groups excluding tert-OH is 1. The van der Waals surface area contributed by atoms with Gasteiger partial charge in [-0.3, -0.25) is 9.59 Å². The fourth-order valence-electron chi connectivity index (χ4n) is 2.53. The monoisotopic (exact) mass is 403 g/mol. The third kappa shape index (κ3) is 5.22. The highest BCUT2D eigenvalue weighted by molar-refractivity contribution is 7.89. The van der Waals surface area contributed by atoms with Crippen LogP contribution in [0.1, 0.15) is 12.0 Å². The maximum absolute atomic E-state index is 13.4. The summed E-state index contributed by atoms with van der Waals surface area (Å²) in [4.78, 5) is 23.2. The minimum atomic E-state index is -3.98. The molecule has 1 fully saturated rings. The molecular weight excluding hydrogens is 381 g/mol. The number of carbonyl (C=O) groups is 2. The average Bonchev–Trinajstić information content (AvgIpc) is 2.66. The van der Waals surface area contributed by atoms with E-state index >= 15 is 0 Å². The van der Waals surface area contributed by atoms with Gasteiger partial charge in [0.15, 0.2) is 0 Å². The van der Waals surface area contributed by atoms with E-state index < -0.39 is 33.9 Å². The van der Waals surface area contributed by atoms with E-state index in [9.17, 15) is 22.4 Å². The number of aliphatic hydroxyl groups is 1. The van der Waals surface area contributed by atoms with E-state index in [2.05, 4.69) is 10.6 Å². The van der Waals surface area contributed by atoms with Gasteiger partial charge in [-0.15, -0.1) is 0 Å². The highest BCUT2D eigenvalue weighted by Gasteiger charge is 2.35. The van der Waals surface area contributed by atoms with Crippen molar-refractivity contribution >= 4 is 21.8 Å². The Morgan fingerprint density at radius 3 is 2.70 bits per heavy atom. The minimum absolute atomic E-state index is 0.0728. The Kier molecular flexibility index (Phi) is 7.25. The molecule has 0 aromatic heterocycles. The van der Waals surface area contributed by atoms with Gasteiger partial charge in [-0.05, 0) is 37.1 Å². The number of amides is 2. The van der Waals surface area contributed by atoms with Crippen LogP contribution in [0, 0.1) is 12.7 Å². The Hall–Kier alpha value is -2.08.